The van der Waals surface area contributed by atoms with Gasteiger partial charge in [0.2, 0.25) is 0 Å². The first-order valence-corrected chi connectivity index (χ1v) is 6.67. The lowest BCUT2D eigenvalue weighted by Gasteiger charge is -2.23. The molecule has 0 aliphatic heterocycles. The van der Waals surface area contributed by atoms with Crippen LogP contribution in [0.5, 0.6) is 5.75 Å². The van der Waals surface area contributed by atoms with Crippen LogP contribution in [-0.4, -0.2) is 12.9 Å². The summed E-state index contributed by atoms with van der Waals surface area (Å²) in [5, 5.41) is 0. The molecule has 0 fully saturated rings. The summed E-state index contributed by atoms with van der Waals surface area (Å²) in [6.45, 7) is 6.93. The Kier molecular flexibility index (Phi) is 5.19. The fourth-order valence-corrected chi connectivity index (χ4v) is 2.07. The minimum atomic E-state index is -0.131. The Morgan fingerprint density at radius 3 is 2.65 bits per heavy atom. The summed E-state index contributed by atoms with van der Waals surface area (Å²) in [6, 6.07) is 6.02. The first-order valence-electron chi connectivity index (χ1n) is 5.87. The van der Waals surface area contributed by atoms with E-state index >= 15 is 0 Å². The van der Waals surface area contributed by atoms with Crippen LogP contribution in [0.4, 0.5) is 0 Å². The molecule has 3 heteroatoms. The summed E-state index contributed by atoms with van der Waals surface area (Å²) in [6.07, 6.45) is 2.48. The quantitative estimate of drug-likeness (QED) is 0.739. The van der Waals surface area contributed by atoms with Crippen LogP contribution < -0.4 is 4.74 Å². The molecular formula is C14H19BrO2. The van der Waals surface area contributed by atoms with Gasteiger partial charge >= 0.3 is 0 Å². The third-order valence-corrected chi connectivity index (χ3v) is 3.39. The molecule has 0 aliphatic rings. The zero-order valence-corrected chi connectivity index (χ0v) is 12.2. The number of halogens is 1. The van der Waals surface area contributed by atoms with Crippen LogP contribution >= 0.6 is 15.9 Å². The summed E-state index contributed by atoms with van der Waals surface area (Å²) < 4.78 is 6.54. The second-order valence-electron chi connectivity index (χ2n) is 4.75. The highest BCUT2D eigenvalue weighted by molar-refractivity contribution is 9.10. The lowest BCUT2D eigenvalue weighted by Crippen LogP contribution is -2.17. The molecule has 0 atom stereocenters. The normalized spacial score (nSPS) is 11.3. The number of carbonyl (C=O) groups excluding carboxylic acids is 1. The Hall–Kier alpha value is -0.830. The van der Waals surface area contributed by atoms with Crippen LogP contribution in [-0.2, 0) is 10.2 Å². The molecule has 0 saturated heterocycles. The predicted octanol–water partition coefficient (Wildman–Crippen LogP) is 4.10. The van der Waals surface area contributed by atoms with Crippen LogP contribution in [0.25, 0.3) is 0 Å². The van der Waals surface area contributed by atoms with Crippen molar-refractivity contribution in [3.8, 4) is 5.75 Å². The molecule has 0 radical (unpaired) electrons. The average molecular weight is 299 g/mol. The highest BCUT2D eigenvalue weighted by Gasteiger charge is 2.20. The highest BCUT2D eigenvalue weighted by atomic mass is 79.9. The smallest absolute Gasteiger partial charge is 0.133 e. The van der Waals surface area contributed by atoms with Gasteiger partial charge in [-0.2, -0.15) is 0 Å². The SMILES string of the molecule is CCCOc1ccc(C(C)(C)CC=O)cc1Br. The molecule has 2 nitrogen and oxygen atoms in total. The Bertz CT molecular complexity index is 386. The van der Waals surface area contributed by atoms with Crippen LogP contribution in [0.2, 0.25) is 0 Å². The maximum atomic E-state index is 10.7. The summed E-state index contributed by atoms with van der Waals surface area (Å²) >= 11 is 3.51. The van der Waals surface area contributed by atoms with E-state index < -0.39 is 0 Å². The van der Waals surface area contributed by atoms with E-state index in [0.29, 0.717) is 6.42 Å². The van der Waals surface area contributed by atoms with Gasteiger partial charge in [0.1, 0.15) is 12.0 Å². The zero-order valence-electron chi connectivity index (χ0n) is 10.6. The van der Waals surface area contributed by atoms with Gasteiger partial charge in [0, 0.05) is 6.42 Å². The highest BCUT2D eigenvalue weighted by Crippen LogP contribution is 2.33. The van der Waals surface area contributed by atoms with Gasteiger partial charge in [0.25, 0.3) is 0 Å². The van der Waals surface area contributed by atoms with E-state index in [1.807, 2.05) is 18.2 Å². The van der Waals surface area contributed by atoms with Crippen molar-refractivity contribution in [1.29, 1.82) is 0 Å². The number of hydrogen-bond acceptors (Lipinski definition) is 2. The van der Waals surface area contributed by atoms with Crippen molar-refractivity contribution in [1.82, 2.24) is 0 Å². The summed E-state index contributed by atoms with van der Waals surface area (Å²) in [7, 11) is 0. The van der Waals surface area contributed by atoms with E-state index in [1.165, 1.54) is 0 Å². The van der Waals surface area contributed by atoms with E-state index in [2.05, 4.69) is 36.7 Å². The number of carbonyl (C=O) groups is 1. The van der Waals surface area contributed by atoms with E-state index in [0.717, 1.165) is 35.1 Å². The van der Waals surface area contributed by atoms with Gasteiger partial charge in [-0.15, -0.1) is 0 Å². The number of aldehydes is 1. The number of ether oxygens (including phenoxy) is 1. The van der Waals surface area contributed by atoms with E-state index in [1.54, 1.807) is 0 Å². The first kappa shape index (κ1) is 14.2. The predicted molar refractivity (Wildman–Crippen MR) is 73.6 cm³/mol. The van der Waals surface area contributed by atoms with Crippen molar-refractivity contribution in [2.45, 2.75) is 39.0 Å². The standard InChI is InChI=1S/C14H19BrO2/c1-4-9-17-13-6-5-11(10-12(13)15)14(2,3)7-8-16/h5-6,8,10H,4,7,9H2,1-3H3. The molecule has 1 rings (SSSR count). The molecule has 0 saturated carbocycles. The minimum Gasteiger partial charge on any atom is -0.492 e. The van der Waals surface area contributed by atoms with Crippen molar-refractivity contribution in [2.24, 2.45) is 0 Å². The molecule has 0 N–H and O–H groups in total. The van der Waals surface area contributed by atoms with Gasteiger partial charge in [0.05, 0.1) is 11.1 Å². The summed E-state index contributed by atoms with van der Waals surface area (Å²) in [5.74, 6) is 0.859. The van der Waals surface area contributed by atoms with Gasteiger partial charge < -0.3 is 9.53 Å². The van der Waals surface area contributed by atoms with E-state index in [9.17, 15) is 4.79 Å². The number of benzene rings is 1. The second kappa shape index (κ2) is 6.20. The summed E-state index contributed by atoms with van der Waals surface area (Å²) in [5.41, 5.74) is 1.01. The topological polar surface area (TPSA) is 26.3 Å². The van der Waals surface area contributed by atoms with Gasteiger partial charge in [-0.05, 0) is 45.5 Å². The fraction of sp³-hybridized carbons (Fsp3) is 0.500. The first-order chi connectivity index (χ1) is 8.01. The second-order valence-corrected chi connectivity index (χ2v) is 5.60. The molecule has 0 unspecified atom stereocenters. The molecule has 0 amide bonds. The fourth-order valence-electron chi connectivity index (χ4n) is 1.58. The Balaban J connectivity index is 2.91. The molecule has 0 heterocycles. The number of rotatable bonds is 6. The molecule has 17 heavy (non-hydrogen) atoms. The Morgan fingerprint density at radius 2 is 2.12 bits per heavy atom. The lowest BCUT2D eigenvalue weighted by molar-refractivity contribution is -0.108. The van der Waals surface area contributed by atoms with Crippen LogP contribution in [0.1, 0.15) is 39.2 Å². The Labute approximate surface area is 111 Å². The van der Waals surface area contributed by atoms with Gasteiger partial charge in [-0.1, -0.05) is 26.8 Å². The van der Waals surface area contributed by atoms with Gasteiger partial charge in [-0.3, -0.25) is 0 Å². The van der Waals surface area contributed by atoms with Crippen molar-refractivity contribution < 1.29 is 9.53 Å². The molecule has 1 aromatic carbocycles. The lowest BCUT2D eigenvalue weighted by atomic mass is 9.82. The third kappa shape index (κ3) is 3.84. The van der Waals surface area contributed by atoms with Crippen molar-refractivity contribution in [3.63, 3.8) is 0 Å². The molecule has 0 aliphatic carbocycles. The van der Waals surface area contributed by atoms with Crippen LogP contribution in [0, 0.1) is 0 Å². The molecule has 1 aromatic rings. The maximum Gasteiger partial charge on any atom is 0.133 e. The molecular weight excluding hydrogens is 280 g/mol. The van der Waals surface area contributed by atoms with Crippen LogP contribution in [0.3, 0.4) is 0 Å². The summed E-state index contributed by atoms with van der Waals surface area (Å²) in [4.78, 5) is 10.7. The maximum absolute atomic E-state index is 10.7. The molecule has 0 spiro atoms. The van der Waals surface area contributed by atoms with Crippen molar-refractivity contribution in [3.05, 3.63) is 28.2 Å². The van der Waals surface area contributed by atoms with Gasteiger partial charge in [0.15, 0.2) is 0 Å². The van der Waals surface area contributed by atoms with E-state index in [4.69, 9.17) is 4.74 Å². The Morgan fingerprint density at radius 1 is 1.41 bits per heavy atom. The third-order valence-electron chi connectivity index (χ3n) is 2.77. The van der Waals surface area contributed by atoms with Crippen molar-refractivity contribution >= 4 is 22.2 Å². The van der Waals surface area contributed by atoms with E-state index in [-0.39, 0.29) is 5.41 Å². The molecule has 0 aromatic heterocycles. The van der Waals surface area contributed by atoms with Crippen LogP contribution in [0.15, 0.2) is 22.7 Å². The number of hydrogen-bond donors (Lipinski definition) is 0. The van der Waals surface area contributed by atoms with Crippen molar-refractivity contribution in [2.75, 3.05) is 6.61 Å². The molecule has 94 valence electrons. The zero-order chi connectivity index (χ0) is 12.9. The van der Waals surface area contributed by atoms with Gasteiger partial charge in [-0.25, -0.2) is 0 Å². The molecule has 0 bridgehead atoms. The minimum absolute atomic E-state index is 0.131. The monoisotopic (exact) mass is 298 g/mol. The average Bonchev–Trinajstić information content (AvgIpc) is 2.27. The largest absolute Gasteiger partial charge is 0.492 e.